The van der Waals surface area contributed by atoms with Gasteiger partial charge in [0.1, 0.15) is 12.7 Å². The molecular formula is C22H19NO3. The number of carbonyl (C=O) groups is 1. The fourth-order valence-electron chi connectivity index (χ4n) is 3.91. The number of rotatable bonds is 3. The Morgan fingerprint density at radius 1 is 0.962 bits per heavy atom. The predicted octanol–water partition coefficient (Wildman–Crippen LogP) is 3.51. The van der Waals surface area contributed by atoms with Crippen LogP contribution in [0.3, 0.4) is 0 Å². The van der Waals surface area contributed by atoms with Crippen molar-refractivity contribution in [1.29, 1.82) is 0 Å². The normalized spacial score (nSPS) is 17.3. The Bertz CT molecular complexity index is 1000. The molecule has 4 heteroatoms. The monoisotopic (exact) mass is 345 g/mol. The first-order valence-corrected chi connectivity index (χ1v) is 9.00. The largest absolute Gasteiger partial charge is 0.486 e. The Balaban J connectivity index is 1.34. The van der Waals surface area contributed by atoms with Crippen molar-refractivity contribution >= 4 is 16.7 Å². The van der Waals surface area contributed by atoms with E-state index in [1.54, 1.807) is 0 Å². The summed E-state index contributed by atoms with van der Waals surface area (Å²) in [4.78, 5) is 12.8. The van der Waals surface area contributed by atoms with Gasteiger partial charge >= 0.3 is 0 Å². The van der Waals surface area contributed by atoms with Gasteiger partial charge in [0.25, 0.3) is 5.91 Å². The molecule has 130 valence electrons. The van der Waals surface area contributed by atoms with E-state index in [1.165, 1.54) is 16.5 Å². The van der Waals surface area contributed by atoms with Crippen LogP contribution in [0, 0.1) is 0 Å². The van der Waals surface area contributed by atoms with Gasteiger partial charge < -0.3 is 14.8 Å². The summed E-state index contributed by atoms with van der Waals surface area (Å²) in [6.45, 7) is 0.844. The molecule has 1 N–H and O–H groups in total. The highest BCUT2D eigenvalue weighted by Crippen LogP contribution is 2.33. The zero-order chi connectivity index (χ0) is 17.5. The van der Waals surface area contributed by atoms with Crippen molar-refractivity contribution in [2.45, 2.75) is 18.9 Å². The first-order valence-electron chi connectivity index (χ1n) is 9.00. The molecule has 1 amide bonds. The molecule has 1 aliphatic heterocycles. The third-order valence-corrected chi connectivity index (χ3v) is 5.18. The number of carbonyl (C=O) groups excluding carboxylic acids is 1. The SMILES string of the molecule is O=C(NC[C@@H]1COc2ccccc2O1)c1ccc2c3c(cccc13)CC2. The summed E-state index contributed by atoms with van der Waals surface area (Å²) in [5.74, 6) is 1.41. The van der Waals surface area contributed by atoms with Gasteiger partial charge in [0.05, 0.1) is 6.54 Å². The molecule has 2 aliphatic rings. The van der Waals surface area contributed by atoms with Crippen LogP contribution in [0.5, 0.6) is 11.5 Å². The lowest BCUT2D eigenvalue weighted by Crippen LogP contribution is -2.40. The van der Waals surface area contributed by atoms with Crippen LogP contribution < -0.4 is 14.8 Å². The molecule has 4 nitrogen and oxygen atoms in total. The van der Waals surface area contributed by atoms with Crippen LogP contribution >= 0.6 is 0 Å². The minimum absolute atomic E-state index is 0.0666. The molecule has 3 aromatic carbocycles. The van der Waals surface area contributed by atoms with Gasteiger partial charge in [0.2, 0.25) is 0 Å². The zero-order valence-electron chi connectivity index (χ0n) is 14.3. The average Bonchev–Trinajstić information content (AvgIpc) is 3.11. The van der Waals surface area contributed by atoms with Crippen LogP contribution in [-0.4, -0.2) is 25.2 Å². The van der Waals surface area contributed by atoms with E-state index in [9.17, 15) is 4.79 Å². The van der Waals surface area contributed by atoms with E-state index >= 15 is 0 Å². The molecule has 3 aromatic rings. The maximum absolute atomic E-state index is 12.8. The molecule has 0 bridgehead atoms. The van der Waals surface area contributed by atoms with Crippen molar-refractivity contribution in [3.05, 3.63) is 71.3 Å². The minimum atomic E-state index is -0.189. The number of hydrogen-bond donors (Lipinski definition) is 1. The van der Waals surface area contributed by atoms with E-state index in [4.69, 9.17) is 9.47 Å². The Morgan fingerprint density at radius 2 is 1.77 bits per heavy atom. The Labute approximate surface area is 151 Å². The van der Waals surface area contributed by atoms with Crippen LogP contribution in [0.15, 0.2) is 54.6 Å². The maximum Gasteiger partial charge on any atom is 0.252 e. The van der Waals surface area contributed by atoms with Crippen LogP contribution in [0.4, 0.5) is 0 Å². The third kappa shape index (κ3) is 2.49. The van der Waals surface area contributed by atoms with Gasteiger partial charge in [-0.25, -0.2) is 0 Å². The second kappa shape index (κ2) is 6.06. The van der Waals surface area contributed by atoms with Gasteiger partial charge in [-0.15, -0.1) is 0 Å². The van der Waals surface area contributed by atoms with E-state index in [0.29, 0.717) is 13.2 Å². The van der Waals surface area contributed by atoms with Crippen LogP contribution in [-0.2, 0) is 12.8 Å². The van der Waals surface area contributed by atoms with Crippen molar-refractivity contribution in [3.63, 3.8) is 0 Å². The smallest absolute Gasteiger partial charge is 0.252 e. The lowest BCUT2D eigenvalue weighted by molar-refractivity contribution is 0.0790. The lowest BCUT2D eigenvalue weighted by Gasteiger charge is -2.26. The topological polar surface area (TPSA) is 47.6 Å². The van der Waals surface area contributed by atoms with Gasteiger partial charge in [-0.1, -0.05) is 36.4 Å². The van der Waals surface area contributed by atoms with Gasteiger partial charge in [-0.05, 0) is 52.9 Å². The second-order valence-corrected chi connectivity index (χ2v) is 6.82. The maximum atomic E-state index is 12.8. The zero-order valence-corrected chi connectivity index (χ0v) is 14.3. The highest BCUT2D eigenvalue weighted by atomic mass is 16.6. The molecular weight excluding hydrogens is 326 g/mol. The number of nitrogens with one attached hydrogen (secondary N) is 1. The van der Waals surface area contributed by atoms with Gasteiger partial charge in [-0.2, -0.15) is 0 Å². The van der Waals surface area contributed by atoms with Gasteiger partial charge in [-0.3, -0.25) is 4.79 Å². The summed E-state index contributed by atoms with van der Waals surface area (Å²) < 4.78 is 11.6. The summed E-state index contributed by atoms with van der Waals surface area (Å²) in [6, 6.07) is 17.9. The molecule has 0 aromatic heterocycles. The molecule has 1 aliphatic carbocycles. The van der Waals surface area contributed by atoms with Gasteiger partial charge in [0, 0.05) is 5.56 Å². The predicted molar refractivity (Wildman–Crippen MR) is 100 cm³/mol. The molecule has 0 unspecified atom stereocenters. The van der Waals surface area contributed by atoms with Crippen molar-refractivity contribution in [3.8, 4) is 11.5 Å². The minimum Gasteiger partial charge on any atom is -0.486 e. The van der Waals surface area contributed by atoms with E-state index in [0.717, 1.165) is 35.3 Å². The molecule has 0 spiro atoms. The first kappa shape index (κ1) is 15.3. The van der Waals surface area contributed by atoms with E-state index in [-0.39, 0.29) is 12.0 Å². The van der Waals surface area contributed by atoms with Crippen molar-refractivity contribution < 1.29 is 14.3 Å². The molecule has 1 atom stereocenters. The molecule has 0 saturated carbocycles. The molecule has 26 heavy (non-hydrogen) atoms. The van der Waals surface area contributed by atoms with Gasteiger partial charge in [0.15, 0.2) is 11.5 Å². The average molecular weight is 345 g/mol. The summed E-state index contributed by atoms with van der Waals surface area (Å²) >= 11 is 0. The number of amides is 1. The molecule has 0 saturated heterocycles. The highest BCUT2D eigenvalue weighted by Gasteiger charge is 2.23. The molecule has 5 rings (SSSR count). The standard InChI is InChI=1S/C22H19NO3/c24-22(23-12-16-13-25-19-6-1-2-7-20(19)26-16)18-11-10-15-9-8-14-4-3-5-17(18)21(14)15/h1-7,10-11,16H,8-9,12-13H2,(H,23,24)/t16-/m1/s1. The fraction of sp³-hybridized carbons (Fsp3) is 0.227. The lowest BCUT2D eigenvalue weighted by atomic mass is 9.99. The van der Waals surface area contributed by atoms with E-state index in [2.05, 4.69) is 17.4 Å². The highest BCUT2D eigenvalue weighted by molar-refractivity contribution is 6.09. The second-order valence-electron chi connectivity index (χ2n) is 6.82. The van der Waals surface area contributed by atoms with Crippen molar-refractivity contribution in [1.82, 2.24) is 5.32 Å². The summed E-state index contributed by atoms with van der Waals surface area (Å²) in [6.07, 6.45) is 1.93. The summed E-state index contributed by atoms with van der Waals surface area (Å²) in [5.41, 5.74) is 3.41. The van der Waals surface area contributed by atoms with E-state index in [1.807, 2.05) is 42.5 Å². The Kier molecular flexibility index (Phi) is 3.56. The van der Waals surface area contributed by atoms with Crippen LogP contribution in [0.1, 0.15) is 21.5 Å². The Hall–Kier alpha value is -3.01. The number of fused-ring (bicyclic) bond motifs is 1. The molecule has 0 fully saturated rings. The van der Waals surface area contributed by atoms with E-state index < -0.39 is 0 Å². The first-order chi connectivity index (χ1) is 12.8. The Morgan fingerprint density at radius 3 is 2.65 bits per heavy atom. The van der Waals surface area contributed by atoms with Crippen LogP contribution in [0.2, 0.25) is 0 Å². The number of ether oxygens (including phenoxy) is 2. The summed E-state index contributed by atoms with van der Waals surface area (Å²) in [7, 11) is 0. The van der Waals surface area contributed by atoms with Crippen LogP contribution in [0.25, 0.3) is 10.8 Å². The number of hydrogen-bond acceptors (Lipinski definition) is 3. The van der Waals surface area contributed by atoms with Crippen molar-refractivity contribution in [2.24, 2.45) is 0 Å². The number of para-hydroxylation sites is 2. The molecule has 0 radical (unpaired) electrons. The molecule has 1 heterocycles. The third-order valence-electron chi connectivity index (χ3n) is 5.18. The number of aryl methyl sites for hydroxylation is 2. The van der Waals surface area contributed by atoms with Crippen molar-refractivity contribution in [2.75, 3.05) is 13.2 Å². The number of benzene rings is 3. The quantitative estimate of drug-likeness (QED) is 0.790. The summed E-state index contributed by atoms with van der Waals surface area (Å²) in [5, 5.41) is 5.31. The fourth-order valence-corrected chi connectivity index (χ4v) is 3.91.